The molecule has 0 aliphatic heterocycles. The van der Waals surface area contributed by atoms with Crippen LogP contribution in [0.25, 0.3) is 11.1 Å². The summed E-state index contributed by atoms with van der Waals surface area (Å²) in [5.74, 6) is 0.300. The minimum atomic E-state index is -4.76. The average molecular weight is 362 g/mol. The van der Waals surface area contributed by atoms with E-state index in [0.29, 0.717) is 27.0 Å². The van der Waals surface area contributed by atoms with Crippen molar-refractivity contribution >= 4 is 21.6 Å². The van der Waals surface area contributed by atoms with Crippen molar-refractivity contribution in [2.24, 2.45) is 0 Å². The molecule has 2 aromatic rings. The molecular weight excluding hydrogens is 351 g/mol. The number of anilines is 1. The van der Waals surface area contributed by atoms with E-state index < -0.39 is 6.36 Å². The highest BCUT2D eigenvalue weighted by atomic mass is 79.9. The SMILES string of the molecule is COc1ccc(-c2cc(OC(F)(F)F)cc(Br)c2N)cc1. The molecule has 21 heavy (non-hydrogen) atoms. The van der Waals surface area contributed by atoms with Gasteiger partial charge in [0.1, 0.15) is 11.5 Å². The molecule has 0 unspecified atom stereocenters. The first-order valence-electron chi connectivity index (χ1n) is 5.79. The number of nitrogen functional groups attached to an aromatic ring is 1. The van der Waals surface area contributed by atoms with E-state index in [1.807, 2.05) is 0 Å². The van der Waals surface area contributed by atoms with Crippen LogP contribution in [0.5, 0.6) is 11.5 Å². The molecule has 0 aliphatic carbocycles. The summed E-state index contributed by atoms with van der Waals surface area (Å²) in [7, 11) is 1.53. The van der Waals surface area contributed by atoms with E-state index >= 15 is 0 Å². The number of hydrogen-bond donors (Lipinski definition) is 1. The third kappa shape index (κ3) is 3.81. The summed E-state index contributed by atoms with van der Waals surface area (Å²) in [6, 6.07) is 9.22. The lowest BCUT2D eigenvalue weighted by atomic mass is 10.0. The average Bonchev–Trinajstić information content (AvgIpc) is 2.41. The Hall–Kier alpha value is -1.89. The zero-order valence-corrected chi connectivity index (χ0v) is 12.5. The molecule has 0 spiro atoms. The maximum atomic E-state index is 12.3. The van der Waals surface area contributed by atoms with E-state index in [-0.39, 0.29) is 5.75 Å². The minimum Gasteiger partial charge on any atom is -0.497 e. The smallest absolute Gasteiger partial charge is 0.497 e. The largest absolute Gasteiger partial charge is 0.573 e. The molecule has 7 heteroatoms. The van der Waals surface area contributed by atoms with Crippen LogP contribution in [0, 0.1) is 0 Å². The monoisotopic (exact) mass is 361 g/mol. The van der Waals surface area contributed by atoms with Crippen LogP contribution < -0.4 is 15.2 Å². The van der Waals surface area contributed by atoms with Crippen LogP contribution in [0.2, 0.25) is 0 Å². The summed E-state index contributed by atoms with van der Waals surface area (Å²) in [5.41, 5.74) is 7.32. The van der Waals surface area contributed by atoms with Crippen molar-refractivity contribution in [3.05, 3.63) is 40.9 Å². The van der Waals surface area contributed by atoms with Gasteiger partial charge in [0.15, 0.2) is 0 Å². The maximum absolute atomic E-state index is 12.3. The lowest BCUT2D eigenvalue weighted by Crippen LogP contribution is -2.17. The van der Waals surface area contributed by atoms with Crippen LogP contribution in [0.15, 0.2) is 40.9 Å². The molecule has 3 nitrogen and oxygen atoms in total. The van der Waals surface area contributed by atoms with Crippen LogP contribution in [-0.2, 0) is 0 Å². The van der Waals surface area contributed by atoms with Gasteiger partial charge < -0.3 is 15.2 Å². The van der Waals surface area contributed by atoms with E-state index in [9.17, 15) is 13.2 Å². The molecule has 0 radical (unpaired) electrons. The number of hydrogen-bond acceptors (Lipinski definition) is 3. The molecule has 0 saturated carbocycles. The zero-order valence-electron chi connectivity index (χ0n) is 10.9. The van der Waals surface area contributed by atoms with Crippen molar-refractivity contribution < 1.29 is 22.6 Å². The Morgan fingerprint density at radius 2 is 1.67 bits per heavy atom. The molecule has 0 fully saturated rings. The highest BCUT2D eigenvalue weighted by Gasteiger charge is 2.31. The molecule has 2 rings (SSSR count). The Morgan fingerprint density at radius 1 is 1.05 bits per heavy atom. The Balaban J connectivity index is 2.46. The second-order valence-electron chi connectivity index (χ2n) is 4.14. The minimum absolute atomic E-state index is 0.328. The Labute approximate surface area is 127 Å². The van der Waals surface area contributed by atoms with Gasteiger partial charge in [0.2, 0.25) is 0 Å². The fourth-order valence-corrected chi connectivity index (χ4v) is 2.23. The second-order valence-corrected chi connectivity index (χ2v) is 5.00. The molecule has 0 heterocycles. The first-order chi connectivity index (χ1) is 9.80. The fraction of sp³-hybridized carbons (Fsp3) is 0.143. The first-order valence-corrected chi connectivity index (χ1v) is 6.58. The van der Waals surface area contributed by atoms with E-state index in [4.69, 9.17) is 10.5 Å². The number of ether oxygens (including phenoxy) is 2. The van der Waals surface area contributed by atoms with Gasteiger partial charge in [-0.2, -0.15) is 0 Å². The van der Waals surface area contributed by atoms with Crippen LogP contribution >= 0.6 is 15.9 Å². The topological polar surface area (TPSA) is 44.5 Å². The molecule has 112 valence electrons. The van der Waals surface area contributed by atoms with Gasteiger partial charge in [-0.25, -0.2) is 0 Å². The van der Waals surface area contributed by atoms with Crippen molar-refractivity contribution in [1.82, 2.24) is 0 Å². The van der Waals surface area contributed by atoms with Crippen molar-refractivity contribution in [1.29, 1.82) is 0 Å². The maximum Gasteiger partial charge on any atom is 0.573 e. The molecule has 0 amide bonds. The molecular formula is C14H11BrF3NO2. The molecule has 0 aliphatic rings. The molecule has 2 N–H and O–H groups in total. The number of alkyl halides is 3. The first kappa shape index (κ1) is 15.5. The van der Waals surface area contributed by atoms with E-state index in [1.54, 1.807) is 24.3 Å². The van der Waals surface area contributed by atoms with Gasteiger partial charge in [0.25, 0.3) is 0 Å². The molecule has 0 bridgehead atoms. The molecule has 0 aromatic heterocycles. The van der Waals surface area contributed by atoms with Crippen LogP contribution in [0.4, 0.5) is 18.9 Å². The van der Waals surface area contributed by atoms with E-state index in [0.717, 1.165) is 0 Å². The van der Waals surface area contributed by atoms with E-state index in [1.165, 1.54) is 19.2 Å². The van der Waals surface area contributed by atoms with Gasteiger partial charge in [-0.05, 0) is 45.8 Å². The van der Waals surface area contributed by atoms with Gasteiger partial charge >= 0.3 is 6.36 Å². The standard InChI is InChI=1S/C14H11BrF3NO2/c1-20-9-4-2-8(3-5-9)11-6-10(21-14(16,17)18)7-12(15)13(11)19/h2-7H,19H2,1H3. The number of halogens is 4. The highest BCUT2D eigenvalue weighted by molar-refractivity contribution is 9.10. The summed E-state index contributed by atoms with van der Waals surface area (Å²) in [6.45, 7) is 0. The molecule has 2 aromatic carbocycles. The summed E-state index contributed by atoms with van der Waals surface area (Å²) in [4.78, 5) is 0. The lowest BCUT2D eigenvalue weighted by Gasteiger charge is -2.14. The van der Waals surface area contributed by atoms with Crippen LogP contribution in [0.1, 0.15) is 0 Å². The second kappa shape index (κ2) is 5.85. The van der Waals surface area contributed by atoms with Gasteiger partial charge in [-0.3, -0.25) is 0 Å². The van der Waals surface area contributed by atoms with Gasteiger partial charge in [-0.1, -0.05) is 12.1 Å². The Bertz CT molecular complexity index is 642. The normalized spacial score (nSPS) is 11.3. The van der Waals surface area contributed by atoms with Gasteiger partial charge in [0.05, 0.1) is 12.8 Å². The number of benzene rings is 2. The van der Waals surface area contributed by atoms with Gasteiger partial charge in [-0.15, -0.1) is 13.2 Å². The number of methoxy groups -OCH3 is 1. The lowest BCUT2D eigenvalue weighted by molar-refractivity contribution is -0.274. The third-order valence-corrected chi connectivity index (χ3v) is 3.39. The van der Waals surface area contributed by atoms with Crippen molar-refractivity contribution in [3.8, 4) is 22.6 Å². The predicted octanol–water partition coefficient (Wildman–Crippen LogP) is 4.61. The predicted molar refractivity (Wildman–Crippen MR) is 77.2 cm³/mol. The fourth-order valence-electron chi connectivity index (χ4n) is 1.79. The quantitative estimate of drug-likeness (QED) is 0.812. The summed E-state index contributed by atoms with van der Waals surface area (Å²) in [6.07, 6.45) is -4.76. The van der Waals surface area contributed by atoms with E-state index in [2.05, 4.69) is 20.7 Å². The summed E-state index contributed by atoms with van der Waals surface area (Å²) >= 11 is 3.13. The number of rotatable bonds is 3. The van der Waals surface area contributed by atoms with Crippen molar-refractivity contribution in [2.45, 2.75) is 6.36 Å². The summed E-state index contributed by atoms with van der Waals surface area (Å²) in [5, 5.41) is 0. The molecule has 0 saturated heterocycles. The zero-order chi connectivity index (χ0) is 15.6. The van der Waals surface area contributed by atoms with Crippen molar-refractivity contribution in [3.63, 3.8) is 0 Å². The van der Waals surface area contributed by atoms with Crippen LogP contribution in [-0.4, -0.2) is 13.5 Å². The van der Waals surface area contributed by atoms with Crippen molar-refractivity contribution in [2.75, 3.05) is 12.8 Å². The number of nitrogens with two attached hydrogens (primary N) is 1. The Morgan fingerprint density at radius 3 is 2.19 bits per heavy atom. The van der Waals surface area contributed by atoms with Crippen LogP contribution in [0.3, 0.4) is 0 Å². The Kier molecular flexibility index (Phi) is 4.32. The third-order valence-electron chi connectivity index (χ3n) is 2.74. The molecule has 0 atom stereocenters. The highest BCUT2D eigenvalue weighted by Crippen LogP contribution is 2.38. The van der Waals surface area contributed by atoms with Gasteiger partial charge in [0, 0.05) is 10.0 Å². The summed E-state index contributed by atoms with van der Waals surface area (Å²) < 4.78 is 46.3.